The van der Waals surface area contributed by atoms with Crippen molar-refractivity contribution in [1.29, 1.82) is 0 Å². The largest absolute Gasteiger partial charge is 0.480 e. The highest BCUT2D eigenvalue weighted by molar-refractivity contribution is 5.93. The van der Waals surface area contributed by atoms with E-state index in [9.17, 15) is 9.59 Å². The molecular weight excluding hydrogens is 218 g/mol. The molecule has 1 rings (SSSR count). The Kier molecular flexibility index (Phi) is 3.40. The number of amides is 1. The summed E-state index contributed by atoms with van der Waals surface area (Å²) < 4.78 is 0. The summed E-state index contributed by atoms with van der Waals surface area (Å²) in [5, 5.41) is 25.5. The normalized spacial score (nSPS) is 14.1. The van der Waals surface area contributed by atoms with E-state index in [0.717, 1.165) is 0 Å². The fourth-order valence-corrected chi connectivity index (χ4v) is 0.975. The van der Waals surface area contributed by atoms with Crippen molar-refractivity contribution < 1.29 is 19.8 Å². The van der Waals surface area contributed by atoms with E-state index in [1.165, 1.54) is 6.92 Å². The summed E-state index contributed by atoms with van der Waals surface area (Å²) >= 11 is 0. The van der Waals surface area contributed by atoms with E-state index in [0.29, 0.717) is 0 Å². The Bertz CT molecular complexity index is 401. The van der Waals surface area contributed by atoms with Crippen LogP contribution in [0.5, 0.6) is 0 Å². The van der Waals surface area contributed by atoms with Crippen molar-refractivity contribution in [2.24, 2.45) is 0 Å². The van der Waals surface area contributed by atoms with Crippen LogP contribution in [0.2, 0.25) is 0 Å². The maximum atomic E-state index is 11.4. The predicted octanol–water partition coefficient (Wildman–Crippen LogP) is -2.05. The summed E-state index contributed by atoms with van der Waals surface area (Å²) in [5.41, 5.74) is 5.17. The number of nitrogens with one attached hydrogen (secondary N) is 2. The fourth-order valence-electron chi connectivity index (χ4n) is 0.975. The quantitative estimate of drug-likeness (QED) is 0.398. The van der Waals surface area contributed by atoms with Gasteiger partial charge < -0.3 is 21.3 Å². The van der Waals surface area contributed by atoms with E-state index in [-0.39, 0.29) is 11.8 Å². The van der Waals surface area contributed by atoms with Gasteiger partial charge in [0.05, 0.1) is 6.10 Å². The number of nitrogens with zero attached hydrogens (tertiary/aromatic N) is 2. The molecular formula is C7H11N5O4. The smallest absolute Gasteiger partial charge is 0.328 e. The van der Waals surface area contributed by atoms with Gasteiger partial charge in [-0.3, -0.25) is 9.89 Å². The Morgan fingerprint density at radius 3 is 2.56 bits per heavy atom. The van der Waals surface area contributed by atoms with Crippen LogP contribution in [0.1, 0.15) is 17.5 Å². The summed E-state index contributed by atoms with van der Waals surface area (Å²) in [6.07, 6.45) is -1.23. The van der Waals surface area contributed by atoms with Crippen LogP contribution in [0.4, 0.5) is 5.95 Å². The van der Waals surface area contributed by atoms with E-state index in [1.807, 2.05) is 0 Å². The van der Waals surface area contributed by atoms with Crippen molar-refractivity contribution in [3.05, 3.63) is 5.82 Å². The van der Waals surface area contributed by atoms with Crippen LogP contribution in [-0.2, 0) is 4.79 Å². The molecule has 0 saturated carbocycles. The van der Waals surface area contributed by atoms with Crippen molar-refractivity contribution in [3.8, 4) is 0 Å². The van der Waals surface area contributed by atoms with Gasteiger partial charge in [0.15, 0.2) is 6.04 Å². The first-order chi connectivity index (χ1) is 7.41. The lowest BCUT2D eigenvalue weighted by atomic mass is 10.2. The molecule has 0 radical (unpaired) electrons. The number of rotatable bonds is 4. The number of nitrogen functional groups attached to an aromatic ring is 1. The average Bonchev–Trinajstić information content (AvgIpc) is 2.59. The van der Waals surface area contributed by atoms with E-state index in [1.54, 1.807) is 0 Å². The van der Waals surface area contributed by atoms with Crippen molar-refractivity contribution in [1.82, 2.24) is 20.5 Å². The highest BCUT2D eigenvalue weighted by Crippen LogP contribution is 1.97. The molecule has 0 aliphatic carbocycles. The molecule has 0 aliphatic rings. The molecule has 1 heterocycles. The molecule has 2 atom stereocenters. The molecule has 6 N–H and O–H groups in total. The topological polar surface area (TPSA) is 154 Å². The van der Waals surface area contributed by atoms with Gasteiger partial charge in [-0.2, -0.15) is 4.98 Å². The summed E-state index contributed by atoms with van der Waals surface area (Å²) in [6.45, 7) is 1.24. The minimum atomic E-state index is -1.42. The van der Waals surface area contributed by atoms with Gasteiger partial charge >= 0.3 is 5.97 Å². The number of carbonyl (C=O) groups excluding carboxylic acids is 1. The van der Waals surface area contributed by atoms with Gasteiger partial charge in [0, 0.05) is 0 Å². The van der Waals surface area contributed by atoms with Gasteiger partial charge in [0.2, 0.25) is 11.8 Å². The third-order valence-corrected chi connectivity index (χ3v) is 1.75. The second-order valence-electron chi connectivity index (χ2n) is 3.07. The summed E-state index contributed by atoms with van der Waals surface area (Å²) in [7, 11) is 0. The molecule has 1 aromatic rings. The lowest BCUT2D eigenvalue weighted by Gasteiger charge is -2.15. The molecule has 0 saturated heterocycles. The molecule has 88 valence electrons. The maximum Gasteiger partial charge on any atom is 0.328 e. The number of anilines is 1. The summed E-state index contributed by atoms with van der Waals surface area (Å²) in [5.74, 6) is -2.51. The molecule has 0 aliphatic heterocycles. The first kappa shape index (κ1) is 11.9. The van der Waals surface area contributed by atoms with E-state index in [2.05, 4.69) is 20.5 Å². The number of aromatic nitrogens is 3. The number of hydrogen-bond donors (Lipinski definition) is 5. The van der Waals surface area contributed by atoms with Crippen LogP contribution in [0, 0.1) is 0 Å². The van der Waals surface area contributed by atoms with Crippen LogP contribution in [0.3, 0.4) is 0 Å². The third kappa shape index (κ3) is 2.67. The first-order valence-corrected chi connectivity index (χ1v) is 4.31. The van der Waals surface area contributed by atoms with Crippen LogP contribution < -0.4 is 11.1 Å². The van der Waals surface area contributed by atoms with Crippen molar-refractivity contribution in [2.75, 3.05) is 5.73 Å². The van der Waals surface area contributed by atoms with Crippen LogP contribution in [0.25, 0.3) is 0 Å². The van der Waals surface area contributed by atoms with E-state index < -0.39 is 24.0 Å². The monoisotopic (exact) mass is 229 g/mol. The molecule has 0 spiro atoms. The van der Waals surface area contributed by atoms with Crippen LogP contribution >= 0.6 is 0 Å². The second-order valence-corrected chi connectivity index (χ2v) is 3.07. The van der Waals surface area contributed by atoms with Gasteiger partial charge in [0.25, 0.3) is 5.91 Å². The number of nitrogens with two attached hydrogens (primary N) is 1. The second kappa shape index (κ2) is 4.57. The lowest BCUT2D eigenvalue weighted by Crippen LogP contribution is -2.47. The number of carbonyl (C=O) groups is 2. The Morgan fingerprint density at radius 1 is 1.56 bits per heavy atom. The zero-order valence-electron chi connectivity index (χ0n) is 8.34. The third-order valence-electron chi connectivity index (χ3n) is 1.75. The van der Waals surface area contributed by atoms with Gasteiger partial charge in [-0.15, -0.1) is 5.10 Å². The molecule has 0 fully saturated rings. The number of aliphatic hydroxyl groups is 1. The number of H-pyrrole nitrogens is 1. The van der Waals surface area contributed by atoms with Crippen molar-refractivity contribution in [2.45, 2.75) is 19.1 Å². The first-order valence-electron chi connectivity index (χ1n) is 4.31. The minimum Gasteiger partial charge on any atom is -0.480 e. The molecule has 1 amide bonds. The number of carboxylic acids is 1. The zero-order valence-corrected chi connectivity index (χ0v) is 8.34. The Hall–Kier alpha value is -2.16. The zero-order chi connectivity index (χ0) is 12.3. The van der Waals surface area contributed by atoms with Crippen molar-refractivity contribution >= 4 is 17.8 Å². The predicted molar refractivity (Wildman–Crippen MR) is 51.4 cm³/mol. The highest BCUT2D eigenvalue weighted by atomic mass is 16.4. The molecule has 1 aromatic heterocycles. The minimum absolute atomic E-state index is 0.130. The lowest BCUT2D eigenvalue weighted by molar-refractivity contribution is -0.141. The SMILES string of the molecule is C[C@@H](O)[C@H](NC(=O)c1nc(N)n[nH]1)C(=O)O. The molecule has 0 aromatic carbocycles. The Morgan fingerprint density at radius 2 is 2.19 bits per heavy atom. The molecule has 0 unspecified atom stereocenters. The number of aliphatic hydroxyl groups excluding tert-OH is 1. The number of carboxylic acid groups (broad SMARTS) is 1. The number of aliphatic carboxylic acids is 1. The fraction of sp³-hybridized carbons (Fsp3) is 0.429. The Labute approximate surface area is 89.7 Å². The maximum absolute atomic E-state index is 11.4. The molecule has 16 heavy (non-hydrogen) atoms. The molecule has 0 bridgehead atoms. The number of hydrogen-bond acceptors (Lipinski definition) is 6. The van der Waals surface area contributed by atoms with Gasteiger partial charge in [-0.25, -0.2) is 4.79 Å². The van der Waals surface area contributed by atoms with Gasteiger partial charge in [0.1, 0.15) is 0 Å². The Balaban J connectivity index is 2.73. The standard InChI is InChI=1S/C7H11N5O4/c1-2(13)3(6(15)16)9-5(14)4-10-7(8)12-11-4/h2-3,13H,1H3,(H,9,14)(H,15,16)(H3,8,10,11,12)/t2-,3+/m1/s1. The average molecular weight is 229 g/mol. The van der Waals surface area contributed by atoms with E-state index in [4.69, 9.17) is 15.9 Å². The van der Waals surface area contributed by atoms with E-state index >= 15 is 0 Å². The molecule has 9 nitrogen and oxygen atoms in total. The van der Waals surface area contributed by atoms with Crippen molar-refractivity contribution in [3.63, 3.8) is 0 Å². The molecule has 9 heteroatoms. The highest BCUT2D eigenvalue weighted by Gasteiger charge is 2.26. The van der Waals surface area contributed by atoms with Gasteiger partial charge in [-0.05, 0) is 6.92 Å². The summed E-state index contributed by atoms with van der Waals surface area (Å²) in [6, 6.07) is -1.42. The van der Waals surface area contributed by atoms with Gasteiger partial charge in [-0.1, -0.05) is 0 Å². The summed E-state index contributed by atoms with van der Waals surface area (Å²) in [4.78, 5) is 25.6. The van der Waals surface area contributed by atoms with Crippen LogP contribution in [-0.4, -0.2) is 49.4 Å². The van der Waals surface area contributed by atoms with Crippen LogP contribution in [0.15, 0.2) is 0 Å². The number of aromatic amines is 1.